The van der Waals surface area contributed by atoms with Gasteiger partial charge < -0.3 is 10.2 Å². The van der Waals surface area contributed by atoms with Crippen molar-refractivity contribution in [1.29, 1.82) is 0 Å². The van der Waals surface area contributed by atoms with Crippen LogP contribution in [-0.2, 0) is 26.0 Å². The highest BCUT2D eigenvalue weighted by molar-refractivity contribution is 7.89. The minimum Gasteiger partial charge on any atom is -0.342 e. The molecule has 0 aliphatic carbocycles. The number of sulfonamides is 1. The van der Waals surface area contributed by atoms with Gasteiger partial charge in [-0.15, -0.1) is 0 Å². The van der Waals surface area contributed by atoms with Crippen LogP contribution >= 0.6 is 0 Å². The second-order valence-electron chi connectivity index (χ2n) is 9.24. The third kappa shape index (κ3) is 5.64. The smallest absolute Gasteiger partial charge is 0.243 e. The van der Waals surface area contributed by atoms with Gasteiger partial charge in [0.15, 0.2) is 0 Å². The monoisotopic (exact) mass is 487 g/mol. The van der Waals surface area contributed by atoms with E-state index in [1.54, 1.807) is 29.2 Å². The van der Waals surface area contributed by atoms with Crippen LogP contribution in [0.25, 0.3) is 0 Å². The van der Waals surface area contributed by atoms with Crippen molar-refractivity contribution in [3.8, 4) is 0 Å². The predicted molar refractivity (Wildman–Crippen MR) is 127 cm³/mol. The van der Waals surface area contributed by atoms with Crippen molar-refractivity contribution in [2.24, 2.45) is 11.8 Å². The van der Waals surface area contributed by atoms with E-state index in [1.165, 1.54) is 28.6 Å². The normalized spacial score (nSPS) is 21.6. The number of hydrogen-bond acceptors (Lipinski definition) is 4. The average Bonchev–Trinajstić information content (AvgIpc) is 3.20. The molecule has 9 heteroatoms. The Morgan fingerprint density at radius 2 is 1.79 bits per heavy atom. The maximum atomic E-state index is 13.0. The average molecular weight is 488 g/mol. The maximum Gasteiger partial charge on any atom is 0.243 e. The molecular weight excluding hydrogens is 457 g/mol. The molecule has 182 valence electrons. The maximum absolute atomic E-state index is 13.0. The lowest BCUT2D eigenvalue weighted by Crippen LogP contribution is -2.39. The molecule has 34 heavy (non-hydrogen) atoms. The van der Waals surface area contributed by atoms with Crippen molar-refractivity contribution >= 4 is 27.5 Å². The molecule has 1 N–H and O–H groups in total. The zero-order valence-electron chi connectivity index (χ0n) is 19.2. The fourth-order valence-electron chi connectivity index (χ4n) is 4.55. The highest BCUT2D eigenvalue weighted by Gasteiger charge is 2.34. The molecule has 2 aliphatic rings. The van der Waals surface area contributed by atoms with Gasteiger partial charge in [-0.1, -0.05) is 19.1 Å². The Bertz CT molecular complexity index is 1140. The third-order valence-corrected chi connectivity index (χ3v) is 8.43. The molecule has 2 fully saturated rings. The standard InChI is InChI=1S/C25H30FN3O4S/c1-18-3-2-13-29(16-18)34(32,33)23-10-8-22(9-11-23)27-25(31)20-15-24(30)28(17-20)14-12-19-4-6-21(26)7-5-19/h4-11,18,20H,2-3,12-17H2,1H3,(H,27,31)/t18-,20+/m1/s1. The molecule has 2 aromatic rings. The number of carbonyl (C=O) groups is 2. The van der Waals surface area contributed by atoms with Crippen LogP contribution in [0.4, 0.5) is 10.1 Å². The van der Waals surface area contributed by atoms with Gasteiger partial charge >= 0.3 is 0 Å². The summed E-state index contributed by atoms with van der Waals surface area (Å²) < 4.78 is 40.4. The summed E-state index contributed by atoms with van der Waals surface area (Å²) in [4.78, 5) is 27.0. The van der Waals surface area contributed by atoms with Gasteiger partial charge in [-0.3, -0.25) is 9.59 Å². The first-order valence-corrected chi connectivity index (χ1v) is 13.1. The number of hydrogen-bond donors (Lipinski definition) is 1. The van der Waals surface area contributed by atoms with Gasteiger partial charge in [0.05, 0.1) is 10.8 Å². The van der Waals surface area contributed by atoms with Gasteiger partial charge in [-0.25, -0.2) is 12.8 Å². The van der Waals surface area contributed by atoms with Gasteiger partial charge in [-0.2, -0.15) is 4.31 Å². The largest absolute Gasteiger partial charge is 0.342 e. The summed E-state index contributed by atoms with van der Waals surface area (Å²) in [5.41, 5.74) is 1.42. The van der Waals surface area contributed by atoms with Gasteiger partial charge in [0.25, 0.3) is 0 Å². The summed E-state index contributed by atoms with van der Waals surface area (Å²) in [6, 6.07) is 12.4. The number of amides is 2. The predicted octanol–water partition coefficient (Wildman–Crippen LogP) is 3.28. The van der Waals surface area contributed by atoms with Crippen molar-refractivity contribution in [1.82, 2.24) is 9.21 Å². The number of likely N-dealkylation sites (tertiary alicyclic amines) is 1. The molecule has 2 atom stereocenters. The Morgan fingerprint density at radius 3 is 2.47 bits per heavy atom. The van der Waals surface area contributed by atoms with Gasteiger partial charge in [0.2, 0.25) is 21.8 Å². The molecular formula is C25H30FN3O4S. The lowest BCUT2D eigenvalue weighted by atomic mass is 10.0. The van der Waals surface area contributed by atoms with Crippen LogP contribution in [0.15, 0.2) is 53.4 Å². The lowest BCUT2D eigenvalue weighted by molar-refractivity contribution is -0.128. The van der Waals surface area contributed by atoms with Crippen LogP contribution in [0.1, 0.15) is 31.7 Å². The highest BCUT2D eigenvalue weighted by atomic mass is 32.2. The zero-order valence-corrected chi connectivity index (χ0v) is 20.1. The van der Waals surface area contributed by atoms with Crippen LogP contribution < -0.4 is 5.32 Å². The van der Waals surface area contributed by atoms with Crippen LogP contribution in [0, 0.1) is 17.7 Å². The summed E-state index contributed by atoms with van der Waals surface area (Å²) >= 11 is 0. The Balaban J connectivity index is 1.32. The lowest BCUT2D eigenvalue weighted by Gasteiger charge is -2.30. The molecule has 2 amide bonds. The minimum absolute atomic E-state index is 0.0838. The Morgan fingerprint density at radius 1 is 1.09 bits per heavy atom. The fourth-order valence-corrected chi connectivity index (χ4v) is 6.15. The molecule has 2 aliphatic heterocycles. The number of nitrogens with zero attached hydrogens (tertiary/aromatic N) is 2. The molecule has 0 unspecified atom stereocenters. The van der Waals surface area contributed by atoms with Gasteiger partial charge in [-0.05, 0) is 67.1 Å². The number of carbonyl (C=O) groups excluding carboxylic acids is 2. The van der Waals surface area contributed by atoms with E-state index in [-0.39, 0.29) is 28.9 Å². The van der Waals surface area contributed by atoms with Crippen molar-refractivity contribution in [2.45, 2.75) is 37.5 Å². The van der Waals surface area contributed by atoms with Crippen molar-refractivity contribution in [3.05, 3.63) is 59.9 Å². The van der Waals surface area contributed by atoms with E-state index < -0.39 is 15.9 Å². The molecule has 0 saturated carbocycles. The van der Waals surface area contributed by atoms with E-state index in [1.807, 2.05) is 0 Å². The highest BCUT2D eigenvalue weighted by Crippen LogP contribution is 2.25. The van der Waals surface area contributed by atoms with E-state index in [4.69, 9.17) is 0 Å². The number of anilines is 1. The molecule has 0 radical (unpaired) electrons. The SMILES string of the molecule is C[C@@H]1CCCN(S(=O)(=O)c2ccc(NC(=O)[C@H]3CC(=O)N(CCc4ccc(F)cc4)C3)cc2)C1. The molecule has 0 spiro atoms. The van der Waals surface area contributed by atoms with Crippen LogP contribution in [-0.4, -0.2) is 55.6 Å². The van der Waals surface area contributed by atoms with Gasteiger partial charge in [0.1, 0.15) is 5.82 Å². The minimum atomic E-state index is -3.55. The van der Waals surface area contributed by atoms with E-state index in [0.717, 1.165) is 18.4 Å². The molecule has 0 bridgehead atoms. The Hall–Kier alpha value is -2.78. The summed E-state index contributed by atoms with van der Waals surface area (Å²) in [7, 11) is -3.55. The van der Waals surface area contributed by atoms with E-state index in [9.17, 15) is 22.4 Å². The van der Waals surface area contributed by atoms with E-state index >= 15 is 0 Å². The molecule has 2 saturated heterocycles. The zero-order chi connectivity index (χ0) is 24.3. The first-order chi connectivity index (χ1) is 16.2. The number of nitrogens with one attached hydrogen (secondary N) is 1. The van der Waals surface area contributed by atoms with E-state index in [2.05, 4.69) is 12.2 Å². The van der Waals surface area contributed by atoms with Crippen molar-refractivity contribution < 1.29 is 22.4 Å². The first kappa shape index (κ1) is 24.3. The number of piperidine rings is 1. The Kier molecular flexibility index (Phi) is 7.33. The summed E-state index contributed by atoms with van der Waals surface area (Å²) in [5.74, 6) is -0.785. The topological polar surface area (TPSA) is 86.8 Å². The summed E-state index contributed by atoms with van der Waals surface area (Å²) in [6.07, 6.45) is 2.61. The molecule has 2 aromatic carbocycles. The summed E-state index contributed by atoms with van der Waals surface area (Å²) in [6.45, 7) is 3.89. The van der Waals surface area contributed by atoms with Crippen LogP contribution in [0.3, 0.4) is 0 Å². The van der Waals surface area contributed by atoms with Crippen molar-refractivity contribution in [2.75, 3.05) is 31.5 Å². The fraction of sp³-hybridized carbons (Fsp3) is 0.440. The third-order valence-electron chi connectivity index (χ3n) is 6.55. The number of benzene rings is 2. The van der Waals surface area contributed by atoms with Gasteiger partial charge in [0, 0.05) is 38.3 Å². The molecule has 4 rings (SSSR count). The molecule has 2 heterocycles. The first-order valence-electron chi connectivity index (χ1n) is 11.7. The molecule has 7 nitrogen and oxygen atoms in total. The second-order valence-corrected chi connectivity index (χ2v) is 11.2. The van der Waals surface area contributed by atoms with Crippen molar-refractivity contribution in [3.63, 3.8) is 0 Å². The van der Waals surface area contributed by atoms with Crippen LogP contribution in [0.2, 0.25) is 0 Å². The second kappa shape index (κ2) is 10.2. The molecule has 0 aromatic heterocycles. The Labute approximate surface area is 200 Å². The number of halogens is 1. The summed E-state index contributed by atoms with van der Waals surface area (Å²) in [5, 5.41) is 2.80. The number of rotatable bonds is 7. The quantitative estimate of drug-likeness (QED) is 0.650. The van der Waals surface area contributed by atoms with E-state index in [0.29, 0.717) is 44.2 Å². The van der Waals surface area contributed by atoms with Crippen LogP contribution in [0.5, 0.6) is 0 Å².